The Hall–Kier alpha value is -2.11. The Balaban J connectivity index is 1.65. The predicted octanol–water partition coefficient (Wildman–Crippen LogP) is 3.90. The second-order valence-electron chi connectivity index (χ2n) is 12.4. The molecule has 2 fully saturated rings. The summed E-state index contributed by atoms with van der Waals surface area (Å²) in [7, 11) is 1.34. The minimum Gasteiger partial charge on any atom is -0.466 e. The lowest BCUT2D eigenvalue weighted by Crippen LogP contribution is -2.53. The van der Waals surface area contributed by atoms with Crippen LogP contribution in [0.4, 0.5) is 0 Å². The summed E-state index contributed by atoms with van der Waals surface area (Å²) in [5.74, 6) is 0.0692. The molecule has 2 saturated carbocycles. The molecule has 6 heteroatoms. The minimum absolute atomic E-state index is 0.00295. The molecule has 2 unspecified atom stereocenters. The van der Waals surface area contributed by atoms with E-state index >= 15 is 0 Å². The number of carbonyl (C=O) groups excluding carboxylic acids is 3. The van der Waals surface area contributed by atoms with Crippen LogP contribution in [-0.4, -0.2) is 30.4 Å². The van der Waals surface area contributed by atoms with Gasteiger partial charge in [-0.25, -0.2) is 4.79 Å². The molecule has 4 aliphatic rings. The molecule has 0 heterocycles. The van der Waals surface area contributed by atoms with E-state index in [4.69, 9.17) is 10.5 Å². The molecule has 0 aromatic heterocycles. The number of ether oxygens (including phenoxy) is 1. The second kappa shape index (κ2) is 7.99. The van der Waals surface area contributed by atoms with E-state index < -0.39 is 17.8 Å². The highest BCUT2D eigenvalue weighted by molar-refractivity contribution is 5.97. The number of primary amides is 1. The molecule has 0 aromatic carbocycles. The molecule has 0 aliphatic heterocycles. The third-order valence-electron chi connectivity index (χ3n) is 9.42. The summed E-state index contributed by atoms with van der Waals surface area (Å²) in [5.41, 5.74) is 6.86. The number of methoxy groups -OCH3 is 1. The van der Waals surface area contributed by atoms with Crippen LogP contribution in [0.1, 0.15) is 73.1 Å². The van der Waals surface area contributed by atoms with Crippen molar-refractivity contribution >= 4 is 17.8 Å². The number of amides is 2. The average Bonchev–Trinajstić information content (AvgIpc) is 3.08. The van der Waals surface area contributed by atoms with Crippen LogP contribution in [0.15, 0.2) is 23.3 Å². The molecule has 182 valence electrons. The third kappa shape index (κ3) is 3.83. The minimum atomic E-state index is -0.624. The van der Waals surface area contributed by atoms with Gasteiger partial charge < -0.3 is 15.8 Å². The average molecular weight is 457 g/mol. The molecular weight excluding hydrogens is 416 g/mol. The molecule has 2 amide bonds. The van der Waals surface area contributed by atoms with Crippen molar-refractivity contribution in [3.05, 3.63) is 23.3 Å². The second-order valence-corrected chi connectivity index (χ2v) is 12.4. The van der Waals surface area contributed by atoms with Gasteiger partial charge in [0.2, 0.25) is 11.8 Å². The Morgan fingerprint density at radius 1 is 1.12 bits per heavy atom. The monoisotopic (exact) mass is 456 g/mol. The molecule has 0 aromatic rings. The van der Waals surface area contributed by atoms with Crippen molar-refractivity contribution in [3.8, 4) is 0 Å². The largest absolute Gasteiger partial charge is 0.466 e. The summed E-state index contributed by atoms with van der Waals surface area (Å²) in [6, 6.07) is 0. The van der Waals surface area contributed by atoms with E-state index in [9.17, 15) is 14.4 Å². The van der Waals surface area contributed by atoms with E-state index in [1.807, 2.05) is 26.8 Å². The molecule has 0 spiro atoms. The maximum atomic E-state index is 13.2. The molecule has 7 atom stereocenters. The van der Waals surface area contributed by atoms with Gasteiger partial charge >= 0.3 is 5.97 Å². The number of rotatable bonds is 3. The lowest BCUT2D eigenvalue weighted by molar-refractivity contribution is -0.139. The van der Waals surface area contributed by atoms with Crippen molar-refractivity contribution in [2.45, 2.75) is 78.7 Å². The zero-order chi connectivity index (χ0) is 24.3. The zero-order valence-corrected chi connectivity index (χ0v) is 21.0. The van der Waals surface area contributed by atoms with E-state index in [1.54, 1.807) is 0 Å². The van der Waals surface area contributed by atoms with E-state index in [1.165, 1.54) is 7.11 Å². The van der Waals surface area contributed by atoms with Gasteiger partial charge in [-0.1, -0.05) is 19.9 Å². The number of nitrogens with two attached hydrogens (primary N) is 1. The van der Waals surface area contributed by atoms with Crippen molar-refractivity contribution < 1.29 is 19.1 Å². The molecule has 4 aliphatic carbocycles. The van der Waals surface area contributed by atoms with E-state index in [0.29, 0.717) is 29.7 Å². The number of hydrogen-bond donors (Lipinski definition) is 2. The molecule has 4 rings (SSSR count). The first-order valence-electron chi connectivity index (χ1n) is 12.4. The zero-order valence-electron chi connectivity index (χ0n) is 21.0. The lowest BCUT2D eigenvalue weighted by atomic mass is 9.47. The quantitative estimate of drug-likeness (QED) is 0.629. The number of hydrogen-bond acceptors (Lipinski definition) is 4. The molecule has 6 nitrogen and oxygen atoms in total. The Morgan fingerprint density at radius 3 is 2.42 bits per heavy atom. The van der Waals surface area contributed by atoms with Gasteiger partial charge in [0.1, 0.15) is 0 Å². The van der Waals surface area contributed by atoms with Crippen LogP contribution >= 0.6 is 0 Å². The van der Waals surface area contributed by atoms with E-state index in [-0.39, 0.29) is 28.2 Å². The van der Waals surface area contributed by atoms with Crippen LogP contribution in [0.2, 0.25) is 0 Å². The first kappa shape index (κ1) is 24.0. The summed E-state index contributed by atoms with van der Waals surface area (Å²) in [6.07, 6.45) is 9.70. The number of esters is 1. The van der Waals surface area contributed by atoms with Gasteiger partial charge in [-0.05, 0) is 99.5 Å². The molecular formula is C27H40N2O4. The van der Waals surface area contributed by atoms with Crippen LogP contribution in [0.25, 0.3) is 0 Å². The highest BCUT2D eigenvalue weighted by atomic mass is 16.5. The fraction of sp³-hybridized carbons (Fsp3) is 0.741. The Morgan fingerprint density at radius 2 is 1.82 bits per heavy atom. The van der Waals surface area contributed by atoms with Gasteiger partial charge in [0, 0.05) is 17.0 Å². The number of allylic oxidation sites excluding steroid dienone is 3. The molecule has 0 radical (unpaired) electrons. The highest BCUT2D eigenvalue weighted by Gasteiger charge is 2.60. The van der Waals surface area contributed by atoms with Gasteiger partial charge in [0.05, 0.1) is 13.0 Å². The van der Waals surface area contributed by atoms with Crippen molar-refractivity contribution in [1.29, 1.82) is 0 Å². The van der Waals surface area contributed by atoms with Crippen molar-refractivity contribution in [2.75, 3.05) is 7.11 Å². The lowest BCUT2D eigenvalue weighted by Gasteiger charge is -2.57. The summed E-state index contributed by atoms with van der Waals surface area (Å²) in [6.45, 7) is 10.7. The van der Waals surface area contributed by atoms with Gasteiger partial charge in [0.25, 0.3) is 0 Å². The predicted molar refractivity (Wildman–Crippen MR) is 127 cm³/mol. The van der Waals surface area contributed by atoms with Crippen LogP contribution in [-0.2, 0) is 19.1 Å². The van der Waals surface area contributed by atoms with Crippen molar-refractivity contribution in [3.63, 3.8) is 0 Å². The Kier molecular flexibility index (Phi) is 5.82. The van der Waals surface area contributed by atoms with Crippen LogP contribution in [0.5, 0.6) is 0 Å². The van der Waals surface area contributed by atoms with Crippen molar-refractivity contribution in [2.24, 2.45) is 46.2 Å². The Labute approximate surface area is 197 Å². The Bertz CT molecular complexity index is 929. The number of carbonyl (C=O) groups is 3. The van der Waals surface area contributed by atoms with Crippen LogP contribution in [0, 0.1) is 40.4 Å². The smallest absolute Gasteiger partial charge is 0.334 e. The van der Waals surface area contributed by atoms with Gasteiger partial charge in [-0.15, -0.1) is 0 Å². The topological polar surface area (TPSA) is 98.5 Å². The molecule has 33 heavy (non-hydrogen) atoms. The summed E-state index contributed by atoms with van der Waals surface area (Å²) >= 11 is 0. The molecule has 3 N–H and O–H groups in total. The third-order valence-corrected chi connectivity index (χ3v) is 9.42. The maximum Gasteiger partial charge on any atom is 0.334 e. The van der Waals surface area contributed by atoms with E-state index in [2.05, 4.69) is 25.2 Å². The van der Waals surface area contributed by atoms with Gasteiger partial charge in [-0.3, -0.25) is 9.59 Å². The SMILES string of the molecule is COC(=O)C1=CC2=CC[C@@H]3[C@@H](CC[C@]4(C)C(C(=O)NC(C)(C)C)CC[C@@H]34)[C@@]2(C)CC1C(N)=O. The fourth-order valence-electron chi connectivity index (χ4n) is 7.87. The fourth-order valence-corrected chi connectivity index (χ4v) is 7.87. The number of nitrogens with one attached hydrogen (secondary N) is 1. The number of fused-ring (bicyclic) bond motifs is 5. The normalized spacial score (nSPS) is 39.9. The molecule has 0 saturated heterocycles. The van der Waals surface area contributed by atoms with Crippen LogP contribution in [0.3, 0.4) is 0 Å². The standard InChI is InChI=1S/C27H40N2O4/c1-25(2,3)29-23(31)21-10-9-19-16-8-7-15-13-17(24(32)33-6)18(22(28)30)14-27(15,5)20(16)11-12-26(19,21)4/h7,13,16,18-21H,8-12,14H2,1-6H3,(H2,28,30)(H,29,31)/t16-,18?,19-,20+,21?,26-,27-/m0/s1. The molecule has 0 bridgehead atoms. The highest BCUT2D eigenvalue weighted by Crippen LogP contribution is 2.66. The van der Waals surface area contributed by atoms with Crippen molar-refractivity contribution in [1.82, 2.24) is 5.32 Å². The summed E-state index contributed by atoms with van der Waals surface area (Å²) in [5, 5.41) is 3.23. The first-order valence-corrected chi connectivity index (χ1v) is 12.4. The van der Waals surface area contributed by atoms with Crippen LogP contribution < -0.4 is 11.1 Å². The van der Waals surface area contributed by atoms with Gasteiger partial charge in [0.15, 0.2) is 0 Å². The summed E-state index contributed by atoms with van der Waals surface area (Å²) in [4.78, 5) is 37.9. The van der Waals surface area contributed by atoms with E-state index in [0.717, 1.165) is 37.7 Å². The van der Waals surface area contributed by atoms with Gasteiger partial charge in [-0.2, -0.15) is 0 Å². The first-order chi connectivity index (χ1) is 15.3. The maximum absolute atomic E-state index is 13.2. The summed E-state index contributed by atoms with van der Waals surface area (Å²) < 4.78 is 4.95.